The topological polar surface area (TPSA) is 32.8 Å². The van der Waals surface area contributed by atoms with Crippen molar-refractivity contribution in [1.82, 2.24) is 9.80 Å². The van der Waals surface area contributed by atoms with Crippen LogP contribution in [0.1, 0.15) is 33.1 Å². The number of carbonyl (C=O) groups is 1. The summed E-state index contributed by atoms with van der Waals surface area (Å²) in [6, 6.07) is 1.50. The minimum atomic E-state index is -0.133. The highest BCUT2D eigenvalue weighted by atomic mass is 16.5. The fourth-order valence-corrected chi connectivity index (χ4v) is 3.36. The number of hydrogen-bond acceptors (Lipinski definition) is 3. The van der Waals surface area contributed by atoms with E-state index >= 15 is 0 Å². The van der Waals surface area contributed by atoms with Crippen molar-refractivity contribution >= 4 is 5.91 Å². The smallest absolute Gasteiger partial charge is 0.252 e. The van der Waals surface area contributed by atoms with E-state index in [4.69, 9.17) is 4.74 Å². The molecule has 3 unspecified atom stereocenters. The highest BCUT2D eigenvalue weighted by molar-refractivity contribution is 5.82. The van der Waals surface area contributed by atoms with Gasteiger partial charge >= 0.3 is 0 Å². The molecule has 4 aliphatic heterocycles. The average molecular weight is 238 g/mol. The Hall–Kier alpha value is -0.610. The third kappa shape index (κ3) is 1.87. The maximum atomic E-state index is 12.3. The van der Waals surface area contributed by atoms with Gasteiger partial charge in [-0.15, -0.1) is 0 Å². The Bertz CT molecular complexity index is 301. The predicted molar refractivity (Wildman–Crippen MR) is 64.7 cm³/mol. The number of nitrogens with zero attached hydrogens (tertiary/aromatic N) is 2. The number of rotatable bonds is 2. The molecule has 0 N–H and O–H groups in total. The molecule has 0 saturated carbocycles. The van der Waals surface area contributed by atoms with E-state index in [1.54, 1.807) is 0 Å². The molecule has 3 atom stereocenters. The highest BCUT2D eigenvalue weighted by Gasteiger charge is 2.49. The van der Waals surface area contributed by atoms with Crippen LogP contribution in [0.15, 0.2) is 0 Å². The van der Waals surface area contributed by atoms with Gasteiger partial charge in [0.2, 0.25) is 0 Å². The zero-order valence-electron chi connectivity index (χ0n) is 10.8. The molecule has 0 aliphatic carbocycles. The number of carbonyl (C=O) groups excluding carboxylic acids is 1. The Morgan fingerprint density at radius 2 is 2.00 bits per heavy atom. The van der Waals surface area contributed by atoms with Crippen LogP contribution in [-0.2, 0) is 9.53 Å². The van der Waals surface area contributed by atoms with Crippen molar-refractivity contribution in [2.24, 2.45) is 0 Å². The second-order valence-electron chi connectivity index (χ2n) is 5.84. The summed E-state index contributed by atoms with van der Waals surface area (Å²) in [7, 11) is 0. The summed E-state index contributed by atoms with van der Waals surface area (Å²) in [4.78, 5) is 16.9. The Balaban J connectivity index is 1.62. The average Bonchev–Trinajstić information content (AvgIpc) is 2.82. The lowest BCUT2D eigenvalue weighted by molar-refractivity contribution is -0.164. The summed E-state index contributed by atoms with van der Waals surface area (Å²) in [6.07, 6.45) is 3.02. The summed E-state index contributed by atoms with van der Waals surface area (Å²) in [5, 5.41) is 0. The van der Waals surface area contributed by atoms with Crippen molar-refractivity contribution in [3.8, 4) is 0 Å². The van der Waals surface area contributed by atoms with Crippen molar-refractivity contribution in [2.45, 2.75) is 57.3 Å². The molecule has 0 radical (unpaired) electrons. The molecule has 4 fully saturated rings. The van der Waals surface area contributed by atoms with E-state index in [0.717, 1.165) is 32.5 Å². The standard InChI is InChI=1S/C13H22N2O2/c1-9(2)14-7-10-6-11(8-14)15(10)13(16)12-4-3-5-17-12/h9-12H,3-8H2,1-2H3. The van der Waals surface area contributed by atoms with Crippen molar-refractivity contribution in [3.63, 3.8) is 0 Å². The Morgan fingerprint density at radius 3 is 2.53 bits per heavy atom. The largest absolute Gasteiger partial charge is 0.368 e. The van der Waals surface area contributed by atoms with Crippen LogP contribution < -0.4 is 0 Å². The molecule has 1 amide bonds. The molecule has 4 nitrogen and oxygen atoms in total. The van der Waals surface area contributed by atoms with E-state index < -0.39 is 0 Å². The van der Waals surface area contributed by atoms with Crippen molar-refractivity contribution < 1.29 is 9.53 Å². The summed E-state index contributed by atoms with van der Waals surface area (Å²) >= 11 is 0. The van der Waals surface area contributed by atoms with Crippen LogP contribution in [0.2, 0.25) is 0 Å². The SMILES string of the molecule is CC(C)N1CC2CC(C1)N2C(=O)C1CCCO1. The normalized spacial score (nSPS) is 37.4. The van der Waals surface area contributed by atoms with Gasteiger partial charge in [-0.3, -0.25) is 9.69 Å². The molecule has 4 saturated heterocycles. The molecule has 0 aromatic rings. The first-order valence-electron chi connectivity index (χ1n) is 6.84. The molecule has 4 rings (SSSR count). The first kappa shape index (κ1) is 11.5. The van der Waals surface area contributed by atoms with Gasteiger partial charge in [0, 0.05) is 37.8 Å². The maximum absolute atomic E-state index is 12.3. The quantitative estimate of drug-likeness (QED) is 0.715. The minimum Gasteiger partial charge on any atom is -0.368 e. The first-order valence-corrected chi connectivity index (χ1v) is 6.84. The zero-order chi connectivity index (χ0) is 12.0. The zero-order valence-corrected chi connectivity index (χ0v) is 10.8. The van der Waals surface area contributed by atoms with Crippen LogP contribution in [0.25, 0.3) is 0 Å². The van der Waals surface area contributed by atoms with Gasteiger partial charge in [-0.2, -0.15) is 0 Å². The van der Waals surface area contributed by atoms with Crippen LogP contribution >= 0.6 is 0 Å². The maximum Gasteiger partial charge on any atom is 0.252 e. The monoisotopic (exact) mass is 238 g/mol. The molecular weight excluding hydrogens is 216 g/mol. The lowest BCUT2D eigenvalue weighted by atomic mass is 9.86. The molecule has 2 bridgehead atoms. The van der Waals surface area contributed by atoms with Gasteiger partial charge < -0.3 is 9.64 Å². The summed E-state index contributed by atoms with van der Waals surface area (Å²) < 4.78 is 5.51. The summed E-state index contributed by atoms with van der Waals surface area (Å²) in [6.45, 7) is 7.32. The van der Waals surface area contributed by atoms with E-state index in [2.05, 4.69) is 23.6 Å². The molecule has 4 heterocycles. The number of ether oxygens (including phenoxy) is 1. The lowest BCUT2D eigenvalue weighted by Crippen LogP contribution is -2.72. The van der Waals surface area contributed by atoms with E-state index in [9.17, 15) is 4.79 Å². The molecular formula is C13H22N2O2. The van der Waals surface area contributed by atoms with Crippen molar-refractivity contribution in [2.75, 3.05) is 19.7 Å². The van der Waals surface area contributed by atoms with E-state index in [-0.39, 0.29) is 12.0 Å². The third-order valence-corrected chi connectivity index (χ3v) is 4.41. The van der Waals surface area contributed by atoms with Crippen LogP contribution in [0.4, 0.5) is 0 Å². The summed E-state index contributed by atoms with van der Waals surface area (Å²) in [5.41, 5.74) is 0. The molecule has 0 aromatic carbocycles. The molecule has 96 valence electrons. The fourth-order valence-electron chi connectivity index (χ4n) is 3.36. The van der Waals surface area contributed by atoms with Crippen LogP contribution in [0, 0.1) is 0 Å². The number of hydrogen-bond donors (Lipinski definition) is 0. The molecule has 17 heavy (non-hydrogen) atoms. The van der Waals surface area contributed by atoms with Gasteiger partial charge in [-0.25, -0.2) is 0 Å². The van der Waals surface area contributed by atoms with Crippen molar-refractivity contribution in [3.05, 3.63) is 0 Å². The number of piperidine rings is 1. The lowest BCUT2D eigenvalue weighted by Gasteiger charge is -2.57. The van der Waals surface area contributed by atoms with Crippen LogP contribution in [0.5, 0.6) is 0 Å². The van der Waals surface area contributed by atoms with Crippen LogP contribution in [0.3, 0.4) is 0 Å². The molecule has 0 spiro atoms. The Kier molecular flexibility index (Phi) is 2.87. The molecule has 0 aromatic heterocycles. The number of fused-ring (bicyclic) bond motifs is 2. The van der Waals surface area contributed by atoms with Gasteiger partial charge in [-0.1, -0.05) is 0 Å². The summed E-state index contributed by atoms with van der Waals surface area (Å²) in [5.74, 6) is 0.257. The minimum absolute atomic E-state index is 0.133. The van der Waals surface area contributed by atoms with Gasteiger partial charge in [0.25, 0.3) is 5.91 Å². The third-order valence-electron chi connectivity index (χ3n) is 4.41. The van der Waals surface area contributed by atoms with Gasteiger partial charge in [0.05, 0.1) is 0 Å². The van der Waals surface area contributed by atoms with Crippen LogP contribution in [-0.4, -0.2) is 59.6 Å². The number of piperazine rings is 1. The van der Waals surface area contributed by atoms with Crippen molar-refractivity contribution in [1.29, 1.82) is 0 Å². The van der Waals surface area contributed by atoms with Gasteiger partial charge in [0.1, 0.15) is 6.10 Å². The fraction of sp³-hybridized carbons (Fsp3) is 0.923. The first-order chi connectivity index (χ1) is 8.16. The Morgan fingerprint density at radius 1 is 1.29 bits per heavy atom. The van der Waals surface area contributed by atoms with Gasteiger partial charge in [0.15, 0.2) is 0 Å². The van der Waals surface area contributed by atoms with E-state index in [1.807, 2.05) is 0 Å². The van der Waals surface area contributed by atoms with Gasteiger partial charge in [-0.05, 0) is 33.1 Å². The molecule has 4 aliphatic rings. The Labute approximate surface area is 103 Å². The second-order valence-corrected chi connectivity index (χ2v) is 5.84. The highest BCUT2D eigenvalue weighted by Crippen LogP contribution is 2.34. The molecule has 4 heteroatoms. The predicted octanol–water partition coefficient (Wildman–Crippen LogP) is 0.859. The van der Waals surface area contributed by atoms with E-state index in [1.165, 1.54) is 6.42 Å². The number of amides is 1. The second kappa shape index (κ2) is 4.25. The van der Waals surface area contributed by atoms with E-state index in [0.29, 0.717) is 18.1 Å².